The predicted molar refractivity (Wildman–Crippen MR) is 63.6 cm³/mol. The van der Waals surface area contributed by atoms with Crippen molar-refractivity contribution in [2.24, 2.45) is 0 Å². The summed E-state index contributed by atoms with van der Waals surface area (Å²) in [6.07, 6.45) is 1.43. The van der Waals surface area contributed by atoms with E-state index in [1.807, 2.05) is 30.3 Å². The molecule has 1 aromatic carbocycles. The summed E-state index contributed by atoms with van der Waals surface area (Å²) in [5.41, 5.74) is 5.70. The van der Waals surface area contributed by atoms with E-state index < -0.39 is 0 Å². The maximum atomic E-state index is 5.70. The molecule has 1 heterocycles. The van der Waals surface area contributed by atoms with Gasteiger partial charge in [0.05, 0.1) is 7.11 Å². The van der Waals surface area contributed by atoms with Crippen LogP contribution < -0.4 is 10.5 Å². The van der Waals surface area contributed by atoms with Gasteiger partial charge >= 0.3 is 0 Å². The number of benzene rings is 1. The fraction of sp³-hybridized carbons (Fsp3) is 0.0909. The summed E-state index contributed by atoms with van der Waals surface area (Å²) in [6, 6.07) is 9.92. The van der Waals surface area contributed by atoms with Gasteiger partial charge in [0, 0.05) is 4.90 Å². The Labute approximate surface area is 97.9 Å². The number of rotatable bonds is 3. The zero-order valence-corrected chi connectivity index (χ0v) is 9.57. The number of nitrogen functional groups attached to an aromatic ring is 1. The number of ether oxygens (including phenoxy) is 1. The van der Waals surface area contributed by atoms with Crippen molar-refractivity contribution in [3.05, 3.63) is 36.7 Å². The Hall–Kier alpha value is -1.75. The average molecular weight is 233 g/mol. The van der Waals surface area contributed by atoms with Gasteiger partial charge in [0.15, 0.2) is 11.6 Å². The molecule has 0 unspecified atom stereocenters. The Balaban J connectivity index is 2.31. The fourth-order valence-corrected chi connectivity index (χ4v) is 2.13. The van der Waals surface area contributed by atoms with Crippen LogP contribution >= 0.6 is 11.8 Å². The highest BCUT2D eigenvalue weighted by Gasteiger charge is 2.10. The van der Waals surface area contributed by atoms with Gasteiger partial charge < -0.3 is 10.5 Å². The minimum Gasteiger partial charge on any atom is -0.490 e. The molecule has 4 nitrogen and oxygen atoms in total. The number of hydrogen-bond acceptors (Lipinski definition) is 5. The predicted octanol–water partition coefficient (Wildman–Crippen LogP) is 2.22. The lowest BCUT2D eigenvalue weighted by Crippen LogP contribution is -1.98. The molecule has 1 aromatic heterocycles. The number of nitrogens with zero attached hydrogens (tertiary/aromatic N) is 2. The lowest BCUT2D eigenvalue weighted by Gasteiger charge is -2.07. The summed E-state index contributed by atoms with van der Waals surface area (Å²) in [6.45, 7) is 0. The second kappa shape index (κ2) is 4.85. The lowest BCUT2D eigenvalue weighted by molar-refractivity contribution is 0.401. The normalized spacial score (nSPS) is 10.1. The molecule has 5 heteroatoms. The summed E-state index contributed by atoms with van der Waals surface area (Å²) in [4.78, 5) is 9.12. The molecule has 0 spiro atoms. The molecule has 2 rings (SSSR count). The zero-order chi connectivity index (χ0) is 11.4. The summed E-state index contributed by atoms with van der Waals surface area (Å²) in [7, 11) is 1.56. The maximum Gasteiger partial charge on any atom is 0.193 e. The van der Waals surface area contributed by atoms with Gasteiger partial charge in [-0.15, -0.1) is 0 Å². The monoisotopic (exact) mass is 233 g/mol. The SMILES string of the molecule is COc1c(N)ncnc1Sc1ccccc1. The topological polar surface area (TPSA) is 61.0 Å². The van der Waals surface area contributed by atoms with Gasteiger partial charge in [0.2, 0.25) is 0 Å². The molecule has 0 atom stereocenters. The molecule has 0 fully saturated rings. The van der Waals surface area contributed by atoms with Crippen LogP contribution in [0.1, 0.15) is 0 Å². The van der Waals surface area contributed by atoms with Gasteiger partial charge in [0.1, 0.15) is 11.4 Å². The Kier molecular flexibility index (Phi) is 3.26. The molecule has 2 N–H and O–H groups in total. The highest BCUT2D eigenvalue weighted by atomic mass is 32.2. The highest BCUT2D eigenvalue weighted by molar-refractivity contribution is 7.99. The Morgan fingerprint density at radius 3 is 2.62 bits per heavy atom. The molecule has 2 aromatic rings. The van der Waals surface area contributed by atoms with Crippen molar-refractivity contribution in [2.75, 3.05) is 12.8 Å². The van der Waals surface area contributed by atoms with Crippen molar-refractivity contribution in [3.63, 3.8) is 0 Å². The number of nitrogens with two attached hydrogens (primary N) is 1. The number of aromatic nitrogens is 2. The van der Waals surface area contributed by atoms with Crippen molar-refractivity contribution in [1.29, 1.82) is 0 Å². The molecular formula is C11H11N3OS. The van der Waals surface area contributed by atoms with Crippen LogP contribution in [-0.4, -0.2) is 17.1 Å². The second-order valence-electron chi connectivity index (χ2n) is 3.01. The average Bonchev–Trinajstić information content (AvgIpc) is 2.31. The van der Waals surface area contributed by atoms with Crippen molar-refractivity contribution in [3.8, 4) is 5.75 Å². The quantitative estimate of drug-likeness (QED) is 0.824. The van der Waals surface area contributed by atoms with Gasteiger partial charge in [-0.05, 0) is 12.1 Å². The molecule has 0 aliphatic carbocycles. The zero-order valence-electron chi connectivity index (χ0n) is 8.75. The Morgan fingerprint density at radius 1 is 1.19 bits per heavy atom. The van der Waals surface area contributed by atoms with E-state index in [4.69, 9.17) is 10.5 Å². The third-order valence-electron chi connectivity index (χ3n) is 1.96. The maximum absolute atomic E-state index is 5.70. The molecule has 0 radical (unpaired) electrons. The standard InChI is InChI=1S/C11H11N3OS/c1-15-9-10(12)13-7-14-11(9)16-8-5-3-2-4-6-8/h2-7H,1H3,(H2,12,13,14). The number of methoxy groups -OCH3 is 1. The molecule has 82 valence electrons. The Morgan fingerprint density at radius 2 is 1.94 bits per heavy atom. The highest BCUT2D eigenvalue weighted by Crippen LogP contribution is 2.35. The van der Waals surface area contributed by atoms with Crippen molar-refractivity contribution in [2.45, 2.75) is 9.92 Å². The van der Waals surface area contributed by atoms with Crippen LogP contribution in [0.25, 0.3) is 0 Å². The minimum atomic E-state index is 0.357. The molecule has 0 aliphatic rings. The van der Waals surface area contributed by atoms with E-state index in [0.717, 1.165) is 9.92 Å². The molecule has 0 saturated carbocycles. The van der Waals surface area contributed by atoms with E-state index in [-0.39, 0.29) is 0 Å². The van der Waals surface area contributed by atoms with Gasteiger partial charge in [-0.1, -0.05) is 30.0 Å². The Bertz CT molecular complexity index is 476. The van der Waals surface area contributed by atoms with Gasteiger partial charge in [-0.2, -0.15) is 0 Å². The van der Waals surface area contributed by atoms with Crippen LogP contribution in [0.15, 0.2) is 46.6 Å². The van der Waals surface area contributed by atoms with Gasteiger partial charge in [-0.3, -0.25) is 0 Å². The summed E-state index contributed by atoms with van der Waals surface area (Å²) in [5, 5.41) is 0.723. The van der Waals surface area contributed by atoms with E-state index in [1.54, 1.807) is 7.11 Å². The van der Waals surface area contributed by atoms with E-state index in [1.165, 1.54) is 18.1 Å². The minimum absolute atomic E-state index is 0.357. The molecule has 0 bridgehead atoms. The molecule has 16 heavy (non-hydrogen) atoms. The van der Waals surface area contributed by atoms with Crippen molar-refractivity contribution >= 4 is 17.6 Å². The number of anilines is 1. The first kappa shape index (κ1) is 10.8. The number of hydrogen-bond donors (Lipinski definition) is 1. The lowest BCUT2D eigenvalue weighted by atomic mass is 10.4. The third kappa shape index (κ3) is 2.25. The second-order valence-corrected chi connectivity index (χ2v) is 4.07. The van der Waals surface area contributed by atoms with E-state index in [9.17, 15) is 0 Å². The van der Waals surface area contributed by atoms with Crippen molar-refractivity contribution in [1.82, 2.24) is 9.97 Å². The van der Waals surface area contributed by atoms with Gasteiger partial charge in [0.25, 0.3) is 0 Å². The van der Waals surface area contributed by atoms with Crippen LogP contribution in [-0.2, 0) is 0 Å². The smallest absolute Gasteiger partial charge is 0.193 e. The summed E-state index contributed by atoms with van der Waals surface area (Å²) >= 11 is 1.50. The first-order chi connectivity index (χ1) is 7.81. The molecule has 0 saturated heterocycles. The van der Waals surface area contributed by atoms with Crippen LogP contribution in [0.2, 0.25) is 0 Å². The molecule has 0 amide bonds. The van der Waals surface area contributed by atoms with Crippen molar-refractivity contribution < 1.29 is 4.74 Å². The summed E-state index contributed by atoms with van der Waals surface area (Å²) < 4.78 is 5.18. The van der Waals surface area contributed by atoms with Crippen LogP contribution in [0.3, 0.4) is 0 Å². The van der Waals surface area contributed by atoms with Crippen LogP contribution in [0, 0.1) is 0 Å². The van der Waals surface area contributed by atoms with Crippen LogP contribution in [0.5, 0.6) is 5.75 Å². The molecule has 0 aliphatic heterocycles. The van der Waals surface area contributed by atoms with E-state index >= 15 is 0 Å². The first-order valence-electron chi connectivity index (χ1n) is 4.68. The van der Waals surface area contributed by atoms with E-state index in [0.29, 0.717) is 11.6 Å². The summed E-state index contributed by atoms with van der Waals surface area (Å²) in [5.74, 6) is 0.882. The van der Waals surface area contributed by atoms with E-state index in [2.05, 4.69) is 9.97 Å². The molecular weight excluding hydrogens is 222 g/mol. The van der Waals surface area contributed by atoms with Gasteiger partial charge in [-0.25, -0.2) is 9.97 Å². The third-order valence-corrected chi connectivity index (χ3v) is 2.95. The van der Waals surface area contributed by atoms with Crippen LogP contribution in [0.4, 0.5) is 5.82 Å². The largest absolute Gasteiger partial charge is 0.490 e. The first-order valence-corrected chi connectivity index (χ1v) is 5.50. The fourth-order valence-electron chi connectivity index (χ4n) is 1.24.